The Bertz CT molecular complexity index is 768. The van der Waals surface area contributed by atoms with Gasteiger partial charge in [-0.25, -0.2) is 9.13 Å². The van der Waals surface area contributed by atoms with Crippen molar-refractivity contribution in [1.29, 1.82) is 0 Å². The molecule has 4 N–H and O–H groups in total. The van der Waals surface area contributed by atoms with Gasteiger partial charge in [0.1, 0.15) is 5.69 Å². The Kier molecular flexibility index (Phi) is 16.8. The van der Waals surface area contributed by atoms with Crippen LogP contribution < -0.4 is 19.4 Å². The van der Waals surface area contributed by atoms with Gasteiger partial charge in [0.05, 0.1) is 22.5 Å². The van der Waals surface area contributed by atoms with Gasteiger partial charge in [0.2, 0.25) is 0 Å². The van der Waals surface area contributed by atoms with Gasteiger partial charge in [-0.1, -0.05) is 0 Å². The van der Waals surface area contributed by atoms with E-state index in [1.165, 1.54) is 0 Å². The standard InChI is InChI=1S/C9H13N3O11P2.Be.3FH/c13-11(14)7-2-3-8(9(6-7)12(15)16)10-4-1-5-22-25(20,21)23-24(17,18)19;;;;/h2-3,6,10H,1,4-5H2,(H,20,21)(H2,17,18,19);;3*1H/p-3. The summed E-state index contributed by atoms with van der Waals surface area (Å²) in [6.07, 6.45) is 0.00319. The number of phosphoric acid groups is 2. The molecular weight excluding hydrogens is 454 g/mol. The van der Waals surface area contributed by atoms with Crippen molar-refractivity contribution in [3.8, 4) is 0 Å². The third kappa shape index (κ3) is 13.0. The molecule has 0 saturated carbocycles. The predicted molar refractivity (Wildman–Crippen MR) is 87.5 cm³/mol. The van der Waals surface area contributed by atoms with Gasteiger partial charge in [0.15, 0.2) is 0 Å². The van der Waals surface area contributed by atoms with E-state index in [1.54, 1.807) is 0 Å². The molecule has 0 saturated heterocycles. The van der Waals surface area contributed by atoms with Crippen LogP contribution in [0.2, 0.25) is 0 Å². The van der Waals surface area contributed by atoms with Crippen molar-refractivity contribution in [1.82, 2.24) is 0 Å². The van der Waals surface area contributed by atoms with Crippen LogP contribution in [0.15, 0.2) is 18.2 Å². The van der Waals surface area contributed by atoms with E-state index in [-0.39, 0.29) is 42.9 Å². The molecule has 166 valence electrons. The fraction of sp³-hybridized carbons (Fsp3) is 0.333. The quantitative estimate of drug-likeness (QED) is 0.0831. The van der Waals surface area contributed by atoms with Crippen molar-refractivity contribution in [2.45, 2.75) is 6.42 Å². The number of nitro benzene ring substituents is 2. The molecule has 0 fully saturated rings. The zero-order valence-corrected chi connectivity index (χ0v) is 15.9. The summed E-state index contributed by atoms with van der Waals surface area (Å²) in [5.74, 6) is 0. The topological polar surface area (TPSA) is 212 Å². The summed E-state index contributed by atoms with van der Waals surface area (Å²) < 4.78 is 29.4. The first-order valence-corrected chi connectivity index (χ1v) is 9.35. The first kappa shape index (κ1) is 34.5. The summed E-state index contributed by atoms with van der Waals surface area (Å²) >= 11 is 0. The van der Waals surface area contributed by atoms with Gasteiger partial charge in [-0.15, -0.1) is 0 Å². The van der Waals surface area contributed by atoms with Gasteiger partial charge in [-0.3, -0.25) is 24.8 Å². The molecule has 0 aliphatic carbocycles. The van der Waals surface area contributed by atoms with Crippen molar-refractivity contribution < 1.29 is 56.6 Å². The largest absolute Gasteiger partial charge is 1.00 e. The normalized spacial score (nSPS) is 12.0. The minimum absolute atomic E-state index is 0. The summed E-state index contributed by atoms with van der Waals surface area (Å²) in [7, 11) is -10.1. The number of halogens is 3. The van der Waals surface area contributed by atoms with Crippen LogP contribution in [0.25, 0.3) is 0 Å². The van der Waals surface area contributed by atoms with Gasteiger partial charge in [0.25, 0.3) is 11.4 Å². The van der Waals surface area contributed by atoms with Crippen LogP contribution in [0.4, 0.5) is 17.1 Å². The van der Waals surface area contributed by atoms with Crippen molar-refractivity contribution in [3.05, 3.63) is 38.4 Å². The van der Waals surface area contributed by atoms with Crippen LogP contribution in [0, 0.1) is 20.2 Å². The average Bonchev–Trinajstić information content (AvgIpc) is 2.43. The maximum absolute atomic E-state index is 11.2. The number of nitrogens with zero attached hydrogens (tertiary/aromatic N) is 2. The number of non-ortho nitro benzene ring substituents is 1. The summed E-state index contributed by atoms with van der Waals surface area (Å²) in [6.45, 7) is -0.462. The molecule has 1 aromatic carbocycles. The molecular formula is C9H13BeF3N3O11P2-3. The third-order valence-electron chi connectivity index (χ3n) is 2.49. The van der Waals surface area contributed by atoms with Gasteiger partial charge < -0.3 is 34.1 Å². The smallest absolute Gasteiger partial charge is 0.481 e. The molecule has 1 unspecified atom stereocenters. The Balaban J connectivity index is -0.000000781. The first-order valence-electron chi connectivity index (χ1n) is 6.32. The first-order chi connectivity index (χ1) is 11.4. The number of hydrogen-bond acceptors (Lipinski definition) is 9. The SMILES string of the molecule is O=[N+]([O-])c1ccc(NCCCOP(=O)(O)OP(=O)(O)O)c([N+](=O)[O-])c1.[Be].[F-].[F-].[F-]. The zero-order chi connectivity index (χ0) is 19.3. The van der Waals surface area contributed by atoms with E-state index in [1.807, 2.05) is 0 Å². The Hall–Kier alpha value is -1.96. The third-order valence-corrected chi connectivity index (χ3v) is 4.67. The monoisotopic (exact) mass is 467 g/mol. The van der Waals surface area contributed by atoms with Crippen molar-refractivity contribution in [2.24, 2.45) is 0 Å². The second-order valence-electron chi connectivity index (χ2n) is 4.37. The number of nitro groups is 2. The van der Waals surface area contributed by atoms with Crippen LogP contribution in [-0.2, 0) is 18.0 Å². The molecule has 0 aromatic heterocycles. The van der Waals surface area contributed by atoms with E-state index in [0.717, 1.165) is 18.2 Å². The van der Waals surface area contributed by atoms with E-state index >= 15 is 0 Å². The van der Waals surface area contributed by atoms with Crippen LogP contribution in [0.3, 0.4) is 0 Å². The van der Waals surface area contributed by atoms with E-state index in [4.69, 9.17) is 14.7 Å². The average molecular weight is 467 g/mol. The molecule has 1 atom stereocenters. The summed E-state index contributed by atoms with van der Waals surface area (Å²) in [6, 6.07) is 2.96. The van der Waals surface area contributed by atoms with Crippen LogP contribution in [0.5, 0.6) is 0 Å². The molecule has 1 rings (SSSR count). The second-order valence-corrected chi connectivity index (χ2v) is 7.20. The minimum Gasteiger partial charge on any atom is -1.00 e. The van der Waals surface area contributed by atoms with Gasteiger partial charge >= 0.3 is 15.6 Å². The van der Waals surface area contributed by atoms with Gasteiger partial charge in [-0.2, -0.15) is 4.31 Å². The Labute approximate surface area is 163 Å². The molecule has 0 aliphatic heterocycles. The number of phosphoric ester groups is 1. The second kappa shape index (κ2) is 14.1. The fourth-order valence-corrected chi connectivity index (χ4v) is 3.19. The Morgan fingerprint density at radius 2 is 1.59 bits per heavy atom. The molecule has 14 nitrogen and oxygen atoms in total. The predicted octanol–water partition coefficient (Wildman–Crippen LogP) is -7.84. The van der Waals surface area contributed by atoms with Crippen molar-refractivity contribution >= 4 is 42.8 Å². The maximum Gasteiger partial charge on any atom is 0.481 e. The minimum atomic E-state index is -5.20. The van der Waals surface area contributed by atoms with Gasteiger partial charge in [0, 0.05) is 22.7 Å². The Morgan fingerprint density at radius 3 is 2.03 bits per heavy atom. The van der Waals surface area contributed by atoms with E-state index in [9.17, 15) is 29.4 Å². The van der Waals surface area contributed by atoms with Gasteiger partial charge in [-0.05, 0) is 12.5 Å². The molecule has 29 heavy (non-hydrogen) atoms. The fourth-order valence-electron chi connectivity index (χ4n) is 1.57. The molecule has 0 spiro atoms. The molecule has 0 amide bonds. The summed E-state index contributed by atoms with van der Waals surface area (Å²) in [4.78, 5) is 45.7. The van der Waals surface area contributed by atoms with E-state index in [2.05, 4.69) is 14.2 Å². The molecule has 2 radical (unpaired) electrons. The Morgan fingerprint density at radius 1 is 1.03 bits per heavy atom. The number of anilines is 1. The van der Waals surface area contributed by atoms with E-state index in [0.29, 0.717) is 0 Å². The van der Waals surface area contributed by atoms with Crippen LogP contribution in [-0.4, -0.2) is 47.8 Å². The van der Waals surface area contributed by atoms with Crippen LogP contribution in [0.1, 0.15) is 6.42 Å². The molecule has 1 aromatic rings. The number of hydrogen-bond donors (Lipinski definition) is 4. The number of benzene rings is 1. The van der Waals surface area contributed by atoms with E-state index < -0.39 is 43.5 Å². The molecule has 20 heteroatoms. The molecule has 0 aliphatic rings. The maximum atomic E-state index is 11.2. The van der Waals surface area contributed by atoms with Crippen molar-refractivity contribution in [3.63, 3.8) is 0 Å². The molecule has 0 heterocycles. The van der Waals surface area contributed by atoms with Crippen molar-refractivity contribution in [2.75, 3.05) is 18.5 Å². The number of nitrogens with one attached hydrogen (secondary N) is 1. The zero-order valence-electron chi connectivity index (χ0n) is 14.1. The summed E-state index contributed by atoms with van der Waals surface area (Å²) in [5.41, 5.74) is -1.02. The summed E-state index contributed by atoms with van der Waals surface area (Å²) in [5, 5.41) is 24.1. The number of rotatable bonds is 10. The molecule has 0 bridgehead atoms. The van der Waals surface area contributed by atoms with Crippen LogP contribution >= 0.6 is 15.6 Å².